The summed E-state index contributed by atoms with van der Waals surface area (Å²) in [4.78, 5) is 0.184. The van der Waals surface area contributed by atoms with E-state index in [2.05, 4.69) is 9.82 Å². The van der Waals surface area contributed by atoms with Crippen LogP contribution in [0.2, 0.25) is 0 Å². The lowest BCUT2D eigenvalue weighted by molar-refractivity contribution is 0.0996. The predicted molar refractivity (Wildman–Crippen MR) is 67.9 cm³/mol. The number of ether oxygens (including phenoxy) is 1. The van der Waals surface area contributed by atoms with Crippen LogP contribution >= 0.6 is 0 Å². The summed E-state index contributed by atoms with van der Waals surface area (Å²) in [7, 11) is -3.52. The zero-order valence-electron chi connectivity index (χ0n) is 10.5. The summed E-state index contributed by atoms with van der Waals surface area (Å²) in [6.45, 7) is 0.932. The quantitative estimate of drug-likeness (QED) is 0.756. The van der Waals surface area contributed by atoms with Crippen molar-refractivity contribution in [3.05, 3.63) is 12.4 Å². The lowest BCUT2D eigenvalue weighted by Crippen LogP contribution is -2.41. The molecule has 3 rings (SSSR count). The summed E-state index contributed by atoms with van der Waals surface area (Å²) in [6, 6.07) is -0.110. The van der Waals surface area contributed by atoms with Gasteiger partial charge in [0, 0.05) is 12.7 Å². The number of fused-ring (bicyclic) bond motifs is 2. The van der Waals surface area contributed by atoms with Gasteiger partial charge in [-0.1, -0.05) is 0 Å². The van der Waals surface area contributed by atoms with E-state index in [0.29, 0.717) is 13.1 Å². The summed E-state index contributed by atoms with van der Waals surface area (Å²) in [6.07, 6.45) is 5.84. The molecule has 2 aliphatic rings. The highest BCUT2D eigenvalue weighted by Gasteiger charge is 2.42. The van der Waals surface area contributed by atoms with Gasteiger partial charge in [-0.2, -0.15) is 5.10 Å². The molecule has 7 nitrogen and oxygen atoms in total. The highest BCUT2D eigenvalue weighted by molar-refractivity contribution is 7.89. The Hall–Kier alpha value is -0.960. The zero-order valence-corrected chi connectivity index (χ0v) is 11.3. The van der Waals surface area contributed by atoms with Gasteiger partial charge < -0.3 is 10.5 Å². The van der Waals surface area contributed by atoms with Crippen LogP contribution in [0.25, 0.3) is 0 Å². The minimum absolute atomic E-state index is 0.0267. The second kappa shape index (κ2) is 4.86. The first-order valence-corrected chi connectivity index (χ1v) is 7.97. The van der Waals surface area contributed by atoms with Crippen LogP contribution in [-0.2, 0) is 21.3 Å². The molecule has 3 heterocycles. The second-order valence-electron chi connectivity index (χ2n) is 5.07. The fourth-order valence-electron chi connectivity index (χ4n) is 2.77. The Morgan fingerprint density at radius 3 is 3.00 bits per heavy atom. The first-order valence-electron chi connectivity index (χ1n) is 6.49. The summed E-state index contributed by atoms with van der Waals surface area (Å²) in [5.74, 6) is 0. The molecule has 0 spiro atoms. The van der Waals surface area contributed by atoms with E-state index in [1.165, 1.54) is 17.1 Å². The Bertz CT molecular complexity index is 556. The maximum Gasteiger partial charge on any atom is 0.244 e. The van der Waals surface area contributed by atoms with Crippen molar-refractivity contribution in [2.45, 2.75) is 49.0 Å². The molecule has 2 saturated heterocycles. The molecule has 3 N–H and O–H groups in total. The van der Waals surface area contributed by atoms with Crippen molar-refractivity contribution in [1.29, 1.82) is 0 Å². The van der Waals surface area contributed by atoms with Gasteiger partial charge in [0.1, 0.15) is 4.90 Å². The highest BCUT2D eigenvalue weighted by Crippen LogP contribution is 2.34. The molecular weight excluding hydrogens is 268 g/mol. The number of rotatable bonds is 5. The van der Waals surface area contributed by atoms with E-state index in [1.54, 1.807) is 0 Å². The topological polar surface area (TPSA) is 99.2 Å². The average molecular weight is 286 g/mol. The smallest absolute Gasteiger partial charge is 0.244 e. The van der Waals surface area contributed by atoms with Gasteiger partial charge >= 0.3 is 0 Å². The fraction of sp³-hybridized carbons (Fsp3) is 0.727. The monoisotopic (exact) mass is 286 g/mol. The zero-order chi connectivity index (χ0) is 13.5. The average Bonchev–Trinajstić information content (AvgIpc) is 3.03. The summed E-state index contributed by atoms with van der Waals surface area (Å²) in [5.41, 5.74) is 5.41. The van der Waals surface area contributed by atoms with E-state index >= 15 is 0 Å². The SMILES string of the molecule is NCCn1cc(S(=O)(=O)NC2CC3CCC2O3)cn1. The molecular formula is C11H18N4O3S. The van der Waals surface area contributed by atoms with Gasteiger partial charge in [-0.05, 0) is 19.3 Å². The van der Waals surface area contributed by atoms with Crippen LogP contribution in [0.15, 0.2) is 17.3 Å². The van der Waals surface area contributed by atoms with E-state index in [4.69, 9.17) is 10.5 Å². The Kier molecular flexibility index (Phi) is 3.34. The van der Waals surface area contributed by atoms with Crippen molar-refractivity contribution in [3.63, 3.8) is 0 Å². The highest BCUT2D eigenvalue weighted by atomic mass is 32.2. The van der Waals surface area contributed by atoms with Crippen LogP contribution < -0.4 is 10.5 Å². The predicted octanol–water partition coefficient (Wildman–Crippen LogP) is -0.560. The van der Waals surface area contributed by atoms with Crippen molar-refractivity contribution in [1.82, 2.24) is 14.5 Å². The second-order valence-corrected chi connectivity index (χ2v) is 6.78. The number of hydrogen-bond donors (Lipinski definition) is 2. The molecule has 2 aliphatic heterocycles. The molecule has 19 heavy (non-hydrogen) atoms. The first kappa shape index (κ1) is 13.0. The van der Waals surface area contributed by atoms with Crippen LogP contribution in [0, 0.1) is 0 Å². The lowest BCUT2D eigenvalue weighted by Gasteiger charge is -2.19. The number of sulfonamides is 1. The van der Waals surface area contributed by atoms with Gasteiger partial charge in [-0.15, -0.1) is 0 Å². The number of nitrogens with zero attached hydrogens (tertiary/aromatic N) is 2. The van der Waals surface area contributed by atoms with Crippen LogP contribution in [0.5, 0.6) is 0 Å². The van der Waals surface area contributed by atoms with Crippen molar-refractivity contribution in [2.24, 2.45) is 5.73 Å². The summed E-state index contributed by atoms with van der Waals surface area (Å²) in [5, 5.41) is 3.98. The number of hydrogen-bond acceptors (Lipinski definition) is 5. The van der Waals surface area contributed by atoms with Crippen molar-refractivity contribution >= 4 is 10.0 Å². The molecule has 0 radical (unpaired) electrons. The molecule has 0 saturated carbocycles. The molecule has 3 unspecified atom stereocenters. The Morgan fingerprint density at radius 1 is 1.53 bits per heavy atom. The summed E-state index contributed by atoms with van der Waals surface area (Å²) < 4.78 is 34.4. The van der Waals surface area contributed by atoms with Gasteiger partial charge in [0.25, 0.3) is 0 Å². The normalized spacial score (nSPS) is 30.1. The van der Waals surface area contributed by atoms with Gasteiger partial charge in [-0.3, -0.25) is 4.68 Å². The van der Waals surface area contributed by atoms with E-state index in [0.717, 1.165) is 19.3 Å². The standard InChI is InChI=1S/C11H18N4O3S/c12-3-4-15-7-9(6-13-15)19(16,17)14-10-5-8-1-2-11(10)18-8/h6-8,10-11,14H,1-5,12H2. The first-order chi connectivity index (χ1) is 9.08. The third kappa shape index (κ3) is 2.53. The van der Waals surface area contributed by atoms with Crippen molar-refractivity contribution < 1.29 is 13.2 Å². The van der Waals surface area contributed by atoms with E-state index in [-0.39, 0.29) is 23.1 Å². The molecule has 2 fully saturated rings. The molecule has 1 aromatic heterocycles. The fourth-order valence-corrected chi connectivity index (χ4v) is 4.00. The molecule has 106 valence electrons. The molecule has 2 bridgehead atoms. The van der Waals surface area contributed by atoms with Crippen LogP contribution in [0.4, 0.5) is 0 Å². The van der Waals surface area contributed by atoms with Gasteiger partial charge in [-0.25, -0.2) is 13.1 Å². The maximum atomic E-state index is 12.2. The molecule has 0 amide bonds. The largest absolute Gasteiger partial charge is 0.373 e. The van der Waals surface area contributed by atoms with Gasteiger partial charge in [0.15, 0.2) is 0 Å². The van der Waals surface area contributed by atoms with E-state index in [9.17, 15) is 8.42 Å². The molecule has 8 heteroatoms. The van der Waals surface area contributed by atoms with Crippen LogP contribution in [0.1, 0.15) is 19.3 Å². The third-order valence-corrected chi connectivity index (χ3v) is 5.14. The van der Waals surface area contributed by atoms with Gasteiger partial charge in [0.05, 0.1) is 31.0 Å². The molecule has 1 aromatic rings. The lowest BCUT2D eigenvalue weighted by atomic mass is 9.96. The number of aromatic nitrogens is 2. The summed E-state index contributed by atoms with van der Waals surface area (Å²) >= 11 is 0. The minimum Gasteiger partial charge on any atom is -0.373 e. The Morgan fingerprint density at radius 2 is 2.37 bits per heavy atom. The minimum atomic E-state index is -3.52. The molecule has 3 atom stereocenters. The van der Waals surface area contributed by atoms with Crippen molar-refractivity contribution in [3.8, 4) is 0 Å². The van der Waals surface area contributed by atoms with Crippen LogP contribution in [0.3, 0.4) is 0 Å². The van der Waals surface area contributed by atoms with Crippen molar-refractivity contribution in [2.75, 3.05) is 6.54 Å². The van der Waals surface area contributed by atoms with Crippen LogP contribution in [-0.4, -0.2) is 43.0 Å². The molecule has 0 aliphatic carbocycles. The number of nitrogens with two attached hydrogens (primary N) is 1. The maximum absolute atomic E-state index is 12.2. The third-order valence-electron chi connectivity index (χ3n) is 3.69. The van der Waals surface area contributed by atoms with Gasteiger partial charge in [0.2, 0.25) is 10.0 Å². The Labute approximate surface area is 112 Å². The number of nitrogens with one attached hydrogen (secondary N) is 1. The van der Waals surface area contributed by atoms with E-state index < -0.39 is 10.0 Å². The van der Waals surface area contributed by atoms with E-state index in [1.807, 2.05) is 0 Å². The Balaban J connectivity index is 1.71. The molecule has 0 aromatic carbocycles.